The van der Waals surface area contributed by atoms with Crippen LogP contribution in [-0.4, -0.2) is 16.2 Å². The second-order valence-corrected chi connectivity index (χ2v) is 3.06. The zero-order valence-corrected chi connectivity index (χ0v) is 7.40. The minimum atomic E-state index is -0.891. The Morgan fingerprint density at radius 2 is 1.92 bits per heavy atom. The van der Waals surface area contributed by atoms with Gasteiger partial charge in [-0.1, -0.05) is 31.2 Å². The fourth-order valence-electron chi connectivity index (χ4n) is 1.06. The summed E-state index contributed by atoms with van der Waals surface area (Å²) in [6.07, 6.45) is 7.29. The smallest absolute Gasteiger partial charge is 0.306 e. The molecule has 0 aliphatic heterocycles. The highest BCUT2D eigenvalue weighted by molar-refractivity contribution is 5.69. The van der Waals surface area contributed by atoms with Gasteiger partial charge >= 0.3 is 5.97 Å². The van der Waals surface area contributed by atoms with Crippen molar-refractivity contribution in [3.05, 3.63) is 35.6 Å². The Bertz CT molecular complexity index is 283. The third kappa shape index (κ3) is 2.47. The summed E-state index contributed by atoms with van der Waals surface area (Å²) in [6, 6.07) is 0. The average Bonchev–Trinajstić information content (AvgIpc) is 2.55. The van der Waals surface area contributed by atoms with Crippen LogP contribution in [0, 0.1) is 5.92 Å². The molecule has 0 aromatic heterocycles. The van der Waals surface area contributed by atoms with Crippen molar-refractivity contribution in [2.75, 3.05) is 0 Å². The minimum Gasteiger partial charge on any atom is -0.512 e. The van der Waals surface area contributed by atoms with Gasteiger partial charge in [0.05, 0.1) is 5.92 Å². The van der Waals surface area contributed by atoms with Crippen molar-refractivity contribution in [1.82, 2.24) is 0 Å². The molecule has 1 atom stereocenters. The lowest BCUT2D eigenvalue weighted by Gasteiger charge is -2.06. The van der Waals surface area contributed by atoms with Crippen LogP contribution in [0.15, 0.2) is 35.6 Å². The van der Waals surface area contributed by atoms with Crippen LogP contribution in [0.1, 0.15) is 13.3 Å². The lowest BCUT2D eigenvalue weighted by Crippen LogP contribution is -2.10. The first-order valence-corrected chi connectivity index (χ1v) is 4.11. The molecule has 0 saturated heterocycles. The third-order valence-electron chi connectivity index (χ3n) is 1.92. The molecule has 0 aromatic rings. The number of rotatable bonds is 3. The summed E-state index contributed by atoms with van der Waals surface area (Å²) in [5.74, 6) is -1.30. The number of hydrogen-bond acceptors (Lipinski definition) is 2. The van der Waals surface area contributed by atoms with Crippen LogP contribution in [0.4, 0.5) is 0 Å². The van der Waals surface area contributed by atoms with Crippen LogP contribution in [0.3, 0.4) is 0 Å². The van der Waals surface area contributed by atoms with E-state index in [2.05, 4.69) is 0 Å². The van der Waals surface area contributed by atoms with Gasteiger partial charge in [0.2, 0.25) is 0 Å². The number of carbonyl (C=O) groups is 1. The normalized spacial score (nSPS) is 16.2. The molecule has 0 heterocycles. The molecule has 70 valence electrons. The molecule has 0 saturated carbocycles. The third-order valence-corrected chi connectivity index (χ3v) is 1.92. The first kappa shape index (κ1) is 9.58. The van der Waals surface area contributed by atoms with Crippen LogP contribution in [-0.2, 0) is 4.79 Å². The molecule has 1 unspecified atom stereocenters. The molecule has 2 N–H and O–H groups in total. The highest BCUT2D eigenvalue weighted by Gasteiger charge is 2.14. The lowest BCUT2D eigenvalue weighted by atomic mass is 10.0. The van der Waals surface area contributed by atoms with Crippen molar-refractivity contribution < 1.29 is 15.0 Å². The summed E-state index contributed by atoms with van der Waals surface area (Å²) < 4.78 is 0. The Labute approximate surface area is 76.7 Å². The number of aliphatic hydroxyl groups is 1. The summed E-state index contributed by atoms with van der Waals surface area (Å²) in [4.78, 5) is 10.5. The van der Waals surface area contributed by atoms with Crippen LogP contribution >= 0.6 is 0 Å². The van der Waals surface area contributed by atoms with E-state index in [4.69, 9.17) is 5.11 Å². The number of hydrogen-bond donors (Lipinski definition) is 2. The summed E-state index contributed by atoms with van der Waals surface area (Å²) in [6.45, 7) is 1.57. The number of aliphatic hydroxyl groups excluding tert-OH is 1. The zero-order chi connectivity index (χ0) is 9.84. The van der Waals surface area contributed by atoms with Crippen molar-refractivity contribution in [3.63, 3.8) is 0 Å². The second-order valence-electron chi connectivity index (χ2n) is 3.06. The quantitative estimate of drug-likeness (QED) is 0.653. The summed E-state index contributed by atoms with van der Waals surface area (Å²) in [5, 5.41) is 18.1. The Balaban J connectivity index is 2.64. The van der Waals surface area contributed by atoms with Crippen LogP contribution < -0.4 is 0 Å². The topological polar surface area (TPSA) is 57.5 Å². The van der Waals surface area contributed by atoms with Crippen molar-refractivity contribution in [2.24, 2.45) is 5.92 Å². The van der Waals surface area contributed by atoms with Gasteiger partial charge in [0.1, 0.15) is 5.76 Å². The van der Waals surface area contributed by atoms with Crippen molar-refractivity contribution >= 4 is 5.97 Å². The molecular weight excluding hydrogens is 168 g/mol. The van der Waals surface area contributed by atoms with E-state index < -0.39 is 11.9 Å². The Morgan fingerprint density at radius 1 is 1.38 bits per heavy atom. The largest absolute Gasteiger partial charge is 0.512 e. The van der Waals surface area contributed by atoms with Gasteiger partial charge in [-0.2, -0.15) is 0 Å². The van der Waals surface area contributed by atoms with Gasteiger partial charge in [0, 0.05) is 12.0 Å². The van der Waals surface area contributed by atoms with Gasteiger partial charge in [-0.15, -0.1) is 0 Å². The van der Waals surface area contributed by atoms with Gasteiger partial charge in [-0.25, -0.2) is 0 Å². The standard InChI is InChI=1S/C10H12O3/c1-7(10(12)13)6-9(11)8-4-2-3-5-8/h2-5,7,11H,6H2,1H3,(H,12,13). The number of allylic oxidation sites excluding steroid dienone is 6. The van der Waals surface area contributed by atoms with E-state index >= 15 is 0 Å². The van der Waals surface area contributed by atoms with Crippen molar-refractivity contribution in [1.29, 1.82) is 0 Å². The Kier molecular flexibility index (Phi) is 2.90. The van der Waals surface area contributed by atoms with Crippen molar-refractivity contribution in [3.8, 4) is 0 Å². The first-order chi connectivity index (χ1) is 6.11. The maximum absolute atomic E-state index is 10.5. The van der Waals surface area contributed by atoms with Gasteiger partial charge in [0.25, 0.3) is 0 Å². The van der Waals surface area contributed by atoms with E-state index in [9.17, 15) is 9.90 Å². The maximum atomic E-state index is 10.5. The molecule has 0 bridgehead atoms. The summed E-state index contributed by atoms with van der Waals surface area (Å²) >= 11 is 0. The predicted octanol–water partition coefficient (Wildman–Crippen LogP) is 2.04. The summed E-state index contributed by atoms with van der Waals surface area (Å²) in [5.41, 5.74) is 0.702. The number of carboxylic acids is 1. The Hall–Kier alpha value is -1.51. The predicted molar refractivity (Wildman–Crippen MR) is 49.4 cm³/mol. The van der Waals surface area contributed by atoms with Crippen molar-refractivity contribution in [2.45, 2.75) is 13.3 Å². The highest BCUT2D eigenvalue weighted by atomic mass is 16.4. The first-order valence-electron chi connectivity index (χ1n) is 4.11. The molecule has 3 heteroatoms. The average molecular weight is 180 g/mol. The van der Waals surface area contributed by atoms with Gasteiger partial charge in [0.15, 0.2) is 0 Å². The van der Waals surface area contributed by atoms with E-state index in [1.165, 1.54) is 0 Å². The van der Waals surface area contributed by atoms with Crippen LogP contribution in [0.25, 0.3) is 0 Å². The van der Waals surface area contributed by atoms with E-state index in [1.54, 1.807) is 31.2 Å². The van der Waals surface area contributed by atoms with E-state index in [-0.39, 0.29) is 12.2 Å². The SMILES string of the molecule is CC(CC(O)=C1C=CC=C1)C(=O)O. The molecule has 0 spiro atoms. The molecule has 1 rings (SSSR count). The molecular formula is C10H12O3. The molecule has 0 amide bonds. The summed E-state index contributed by atoms with van der Waals surface area (Å²) in [7, 11) is 0. The number of aliphatic carboxylic acids is 1. The maximum Gasteiger partial charge on any atom is 0.306 e. The molecule has 3 nitrogen and oxygen atoms in total. The highest BCUT2D eigenvalue weighted by Crippen LogP contribution is 2.17. The van der Waals surface area contributed by atoms with Crippen LogP contribution in [0.5, 0.6) is 0 Å². The van der Waals surface area contributed by atoms with Gasteiger partial charge in [-0.3, -0.25) is 4.79 Å². The monoisotopic (exact) mass is 180 g/mol. The van der Waals surface area contributed by atoms with E-state index in [0.717, 1.165) is 0 Å². The molecule has 13 heavy (non-hydrogen) atoms. The molecule has 1 aliphatic carbocycles. The second kappa shape index (κ2) is 3.94. The van der Waals surface area contributed by atoms with Crippen LogP contribution in [0.2, 0.25) is 0 Å². The zero-order valence-electron chi connectivity index (χ0n) is 7.40. The fraction of sp³-hybridized carbons (Fsp3) is 0.300. The van der Waals surface area contributed by atoms with E-state index in [1.807, 2.05) is 0 Å². The molecule has 0 radical (unpaired) electrons. The molecule has 1 aliphatic rings. The molecule has 0 fully saturated rings. The number of carboxylic acid groups (broad SMARTS) is 1. The fourth-order valence-corrected chi connectivity index (χ4v) is 1.06. The van der Waals surface area contributed by atoms with Gasteiger partial charge < -0.3 is 10.2 Å². The van der Waals surface area contributed by atoms with E-state index in [0.29, 0.717) is 5.57 Å². The lowest BCUT2D eigenvalue weighted by molar-refractivity contribution is -0.141. The molecule has 0 aromatic carbocycles. The Morgan fingerprint density at radius 3 is 2.38 bits per heavy atom. The minimum absolute atomic E-state index is 0.139. The van der Waals surface area contributed by atoms with Gasteiger partial charge in [-0.05, 0) is 0 Å².